The Morgan fingerprint density at radius 2 is 2.14 bits per heavy atom. The van der Waals surface area contributed by atoms with Crippen molar-refractivity contribution in [1.29, 1.82) is 0 Å². The number of aldehydes is 1. The number of hydrogen-bond donors (Lipinski definition) is 0. The van der Waals surface area contributed by atoms with Crippen LogP contribution < -0.4 is 0 Å². The van der Waals surface area contributed by atoms with Crippen LogP contribution in [-0.4, -0.2) is 10.9 Å². The molecule has 1 aliphatic carbocycles. The average molecular weight is 191 g/mol. The van der Waals surface area contributed by atoms with Gasteiger partial charge in [-0.25, -0.2) is 0 Å². The van der Waals surface area contributed by atoms with Crippen molar-refractivity contribution >= 4 is 6.29 Å². The third kappa shape index (κ3) is 1.49. The van der Waals surface area contributed by atoms with Crippen LogP contribution in [0.1, 0.15) is 41.5 Å². The van der Waals surface area contributed by atoms with Gasteiger partial charge in [0.05, 0.1) is 0 Å². The lowest BCUT2D eigenvalue weighted by atomic mass is 10.1. The van der Waals surface area contributed by atoms with Crippen LogP contribution >= 0.6 is 0 Å². The summed E-state index contributed by atoms with van der Waals surface area (Å²) in [5.74, 6) is 0. The van der Waals surface area contributed by atoms with Crippen LogP contribution in [0.3, 0.4) is 0 Å². The van der Waals surface area contributed by atoms with Gasteiger partial charge in [-0.05, 0) is 38.2 Å². The summed E-state index contributed by atoms with van der Waals surface area (Å²) in [6.07, 6.45) is 3.59. The number of aromatic nitrogens is 1. The highest BCUT2D eigenvalue weighted by Gasteiger charge is 2.38. The molecule has 0 radical (unpaired) electrons. The van der Waals surface area contributed by atoms with E-state index in [0.717, 1.165) is 24.1 Å². The molecule has 2 heteroatoms. The van der Waals surface area contributed by atoms with Gasteiger partial charge in [0.1, 0.15) is 0 Å². The summed E-state index contributed by atoms with van der Waals surface area (Å²) in [4.78, 5) is 10.8. The van der Waals surface area contributed by atoms with Gasteiger partial charge in [0.25, 0.3) is 0 Å². The number of nitrogens with zero attached hydrogens (tertiary/aromatic N) is 1. The molecule has 2 rings (SSSR count). The summed E-state index contributed by atoms with van der Waals surface area (Å²) in [5.41, 5.74) is 3.66. The minimum absolute atomic E-state index is 0.495. The maximum atomic E-state index is 10.8. The molecule has 0 amide bonds. The lowest BCUT2D eigenvalue weighted by Gasteiger charge is -2.14. The van der Waals surface area contributed by atoms with Crippen molar-refractivity contribution < 1.29 is 4.79 Å². The molecular weight excluding hydrogens is 174 g/mol. The molecule has 0 atom stereocenters. The third-order valence-electron chi connectivity index (χ3n) is 3.38. The Balaban J connectivity index is 2.32. The molecule has 2 nitrogen and oxygen atoms in total. The molecule has 1 saturated carbocycles. The minimum atomic E-state index is 0.495. The van der Waals surface area contributed by atoms with Crippen molar-refractivity contribution in [1.82, 2.24) is 4.57 Å². The normalized spacial score (nSPS) is 18.2. The lowest BCUT2D eigenvalue weighted by Crippen LogP contribution is -2.10. The first-order valence-electron chi connectivity index (χ1n) is 5.18. The highest BCUT2D eigenvalue weighted by molar-refractivity contribution is 5.77. The summed E-state index contributed by atoms with van der Waals surface area (Å²) in [6, 6.07) is 1.98. The Labute approximate surface area is 84.9 Å². The quantitative estimate of drug-likeness (QED) is 0.673. The Bertz CT molecular complexity index is 372. The van der Waals surface area contributed by atoms with E-state index in [4.69, 9.17) is 0 Å². The number of rotatable bonds is 3. The van der Waals surface area contributed by atoms with Gasteiger partial charge < -0.3 is 4.57 Å². The van der Waals surface area contributed by atoms with Crippen molar-refractivity contribution in [2.45, 2.75) is 40.2 Å². The molecule has 0 aliphatic heterocycles. The fourth-order valence-electron chi connectivity index (χ4n) is 1.94. The van der Waals surface area contributed by atoms with Gasteiger partial charge in [0.15, 0.2) is 6.29 Å². The van der Waals surface area contributed by atoms with Crippen LogP contribution in [0.25, 0.3) is 0 Å². The fraction of sp³-hybridized carbons (Fsp3) is 0.583. The fourth-order valence-corrected chi connectivity index (χ4v) is 1.94. The van der Waals surface area contributed by atoms with Gasteiger partial charge in [0, 0.05) is 23.5 Å². The molecule has 0 saturated heterocycles. The second-order valence-electron chi connectivity index (χ2n) is 4.84. The van der Waals surface area contributed by atoms with E-state index in [1.165, 1.54) is 18.5 Å². The van der Waals surface area contributed by atoms with Crippen LogP contribution in [0.2, 0.25) is 0 Å². The Kier molecular flexibility index (Phi) is 2.02. The lowest BCUT2D eigenvalue weighted by molar-refractivity contribution is 0.112. The van der Waals surface area contributed by atoms with E-state index >= 15 is 0 Å². The summed E-state index contributed by atoms with van der Waals surface area (Å²) in [7, 11) is 0. The van der Waals surface area contributed by atoms with Crippen LogP contribution in [0, 0.1) is 19.3 Å². The number of carbonyl (C=O) groups is 1. The van der Waals surface area contributed by atoms with Crippen molar-refractivity contribution in [3.05, 3.63) is 23.0 Å². The molecule has 0 spiro atoms. The summed E-state index contributed by atoms with van der Waals surface area (Å²) in [5, 5.41) is 0. The van der Waals surface area contributed by atoms with E-state index in [9.17, 15) is 4.79 Å². The number of aryl methyl sites for hydroxylation is 1. The maximum absolute atomic E-state index is 10.8. The molecule has 76 valence electrons. The SMILES string of the molecule is Cc1cc(C=O)c(C)n1CC1(C)CC1. The molecule has 0 N–H and O–H groups in total. The van der Waals surface area contributed by atoms with E-state index < -0.39 is 0 Å². The van der Waals surface area contributed by atoms with Crippen LogP contribution in [0.15, 0.2) is 6.07 Å². The summed E-state index contributed by atoms with van der Waals surface area (Å²) in [6.45, 7) is 7.49. The minimum Gasteiger partial charge on any atom is -0.348 e. The summed E-state index contributed by atoms with van der Waals surface area (Å²) >= 11 is 0. The highest BCUT2D eigenvalue weighted by Crippen LogP contribution is 2.46. The Morgan fingerprint density at radius 1 is 1.50 bits per heavy atom. The van der Waals surface area contributed by atoms with Gasteiger partial charge in [-0.1, -0.05) is 6.92 Å². The smallest absolute Gasteiger partial charge is 0.151 e. The molecule has 14 heavy (non-hydrogen) atoms. The van der Waals surface area contributed by atoms with E-state index in [-0.39, 0.29) is 0 Å². The molecule has 1 fully saturated rings. The first kappa shape index (κ1) is 9.50. The molecule has 1 aromatic rings. The average Bonchev–Trinajstić information content (AvgIpc) is 2.82. The molecule has 0 bridgehead atoms. The van der Waals surface area contributed by atoms with E-state index in [2.05, 4.69) is 18.4 Å². The molecule has 1 heterocycles. The van der Waals surface area contributed by atoms with Crippen LogP contribution in [-0.2, 0) is 6.54 Å². The second kappa shape index (κ2) is 2.97. The van der Waals surface area contributed by atoms with Crippen molar-refractivity contribution in [2.24, 2.45) is 5.41 Å². The standard InChI is InChI=1S/C12H17NO/c1-9-6-11(7-14)10(2)13(9)8-12(3)4-5-12/h6-7H,4-5,8H2,1-3H3. The maximum Gasteiger partial charge on any atom is 0.151 e. The van der Waals surface area contributed by atoms with Crippen LogP contribution in [0.4, 0.5) is 0 Å². The van der Waals surface area contributed by atoms with E-state index in [1.807, 2.05) is 13.0 Å². The first-order valence-corrected chi connectivity index (χ1v) is 5.18. The van der Waals surface area contributed by atoms with Crippen molar-refractivity contribution in [3.8, 4) is 0 Å². The predicted octanol–water partition coefficient (Wildman–Crippen LogP) is 2.72. The van der Waals surface area contributed by atoms with Crippen LogP contribution in [0.5, 0.6) is 0 Å². The zero-order valence-electron chi connectivity index (χ0n) is 9.13. The van der Waals surface area contributed by atoms with E-state index in [1.54, 1.807) is 0 Å². The molecule has 1 aliphatic rings. The first-order chi connectivity index (χ1) is 6.56. The third-order valence-corrected chi connectivity index (χ3v) is 3.38. The zero-order chi connectivity index (χ0) is 10.3. The topological polar surface area (TPSA) is 22.0 Å². The molecular formula is C12H17NO. The number of carbonyl (C=O) groups excluding carboxylic acids is 1. The number of hydrogen-bond acceptors (Lipinski definition) is 1. The zero-order valence-corrected chi connectivity index (χ0v) is 9.13. The second-order valence-corrected chi connectivity index (χ2v) is 4.84. The molecule has 0 aromatic carbocycles. The monoisotopic (exact) mass is 191 g/mol. The largest absolute Gasteiger partial charge is 0.348 e. The molecule has 1 aromatic heterocycles. The van der Waals surface area contributed by atoms with Crippen molar-refractivity contribution in [2.75, 3.05) is 0 Å². The van der Waals surface area contributed by atoms with Gasteiger partial charge in [-0.3, -0.25) is 4.79 Å². The van der Waals surface area contributed by atoms with Gasteiger partial charge in [-0.2, -0.15) is 0 Å². The van der Waals surface area contributed by atoms with Gasteiger partial charge >= 0.3 is 0 Å². The van der Waals surface area contributed by atoms with Gasteiger partial charge in [-0.15, -0.1) is 0 Å². The van der Waals surface area contributed by atoms with Gasteiger partial charge in [0.2, 0.25) is 0 Å². The predicted molar refractivity (Wildman–Crippen MR) is 56.6 cm³/mol. The van der Waals surface area contributed by atoms with Crippen molar-refractivity contribution in [3.63, 3.8) is 0 Å². The highest BCUT2D eigenvalue weighted by atomic mass is 16.1. The van der Waals surface area contributed by atoms with E-state index in [0.29, 0.717) is 5.41 Å². The molecule has 0 unspecified atom stereocenters. The summed E-state index contributed by atoms with van der Waals surface area (Å²) < 4.78 is 2.27. The Hall–Kier alpha value is -1.05. The Morgan fingerprint density at radius 3 is 2.57 bits per heavy atom.